The van der Waals surface area contributed by atoms with Gasteiger partial charge in [0.1, 0.15) is 5.15 Å². The summed E-state index contributed by atoms with van der Waals surface area (Å²) in [5, 5.41) is 3.41. The second kappa shape index (κ2) is 10.8. The van der Waals surface area contributed by atoms with E-state index in [1.54, 1.807) is 79.7 Å². The molecule has 204 valence electrons. The van der Waals surface area contributed by atoms with Crippen LogP contribution in [0.3, 0.4) is 0 Å². The van der Waals surface area contributed by atoms with E-state index < -0.39 is 0 Å². The largest absolute Gasteiger partial charge is 0.345 e. The molecule has 0 saturated carbocycles. The van der Waals surface area contributed by atoms with Crippen molar-refractivity contribution in [3.05, 3.63) is 93.6 Å². The monoisotopic (exact) mass is 557 g/mol. The molecule has 3 amide bonds. The highest BCUT2D eigenvalue weighted by molar-refractivity contribution is 6.29. The number of benzene rings is 2. The number of carbonyl (C=O) groups excluding carboxylic acids is 2. The molecule has 1 aliphatic heterocycles. The lowest BCUT2D eigenvalue weighted by molar-refractivity contribution is 0.0827. The van der Waals surface area contributed by atoms with E-state index in [9.17, 15) is 14.4 Å². The van der Waals surface area contributed by atoms with Crippen molar-refractivity contribution < 1.29 is 9.59 Å². The summed E-state index contributed by atoms with van der Waals surface area (Å²) in [5.41, 5.74) is 4.55. The summed E-state index contributed by atoms with van der Waals surface area (Å²) < 4.78 is 1.47. The number of nitrogens with one attached hydrogen (secondary N) is 1. The van der Waals surface area contributed by atoms with Crippen LogP contribution in [0.4, 0.5) is 27.7 Å². The molecular formula is C29H28ClN7O3. The molecule has 0 bridgehead atoms. The van der Waals surface area contributed by atoms with Gasteiger partial charge in [0.05, 0.1) is 11.4 Å². The zero-order chi connectivity index (χ0) is 28.6. The third-order valence-corrected chi connectivity index (χ3v) is 6.98. The van der Waals surface area contributed by atoms with Crippen molar-refractivity contribution in [2.24, 2.45) is 7.05 Å². The molecular weight excluding hydrogens is 530 g/mol. The third-order valence-electron chi connectivity index (χ3n) is 6.77. The summed E-state index contributed by atoms with van der Waals surface area (Å²) in [7, 11) is 5.05. The van der Waals surface area contributed by atoms with Gasteiger partial charge < -0.3 is 14.8 Å². The van der Waals surface area contributed by atoms with Crippen LogP contribution in [0.1, 0.15) is 15.9 Å². The summed E-state index contributed by atoms with van der Waals surface area (Å²) in [6.45, 7) is 2.95. The van der Waals surface area contributed by atoms with Crippen LogP contribution in [-0.2, 0) is 7.05 Å². The molecule has 0 unspecified atom stereocenters. The van der Waals surface area contributed by atoms with E-state index in [2.05, 4.69) is 15.3 Å². The quantitative estimate of drug-likeness (QED) is 0.345. The number of pyridine rings is 1. The molecule has 40 heavy (non-hydrogen) atoms. The zero-order valence-corrected chi connectivity index (χ0v) is 23.3. The van der Waals surface area contributed by atoms with Gasteiger partial charge >= 0.3 is 6.03 Å². The summed E-state index contributed by atoms with van der Waals surface area (Å²) in [4.78, 5) is 52.0. The number of anilines is 4. The number of carbonyl (C=O) groups is 2. The van der Waals surface area contributed by atoms with Crippen molar-refractivity contribution in [3.63, 3.8) is 0 Å². The van der Waals surface area contributed by atoms with Crippen LogP contribution in [-0.4, -0.2) is 58.6 Å². The Morgan fingerprint density at radius 1 is 1.02 bits per heavy atom. The molecule has 0 spiro atoms. The first-order valence-electron chi connectivity index (χ1n) is 12.6. The van der Waals surface area contributed by atoms with Gasteiger partial charge in [-0.2, -0.15) is 0 Å². The van der Waals surface area contributed by atoms with Crippen molar-refractivity contribution in [1.29, 1.82) is 0 Å². The Kier molecular flexibility index (Phi) is 7.27. The molecule has 0 radical (unpaired) electrons. The Morgan fingerprint density at radius 3 is 2.45 bits per heavy atom. The van der Waals surface area contributed by atoms with E-state index in [-0.39, 0.29) is 23.3 Å². The third kappa shape index (κ3) is 5.13. The van der Waals surface area contributed by atoms with E-state index in [0.29, 0.717) is 40.9 Å². The first-order valence-corrected chi connectivity index (χ1v) is 13.0. The molecule has 1 fully saturated rings. The minimum atomic E-state index is -0.299. The van der Waals surface area contributed by atoms with Crippen LogP contribution in [0.25, 0.3) is 11.3 Å². The number of amides is 3. The highest BCUT2D eigenvalue weighted by Crippen LogP contribution is 2.33. The number of nitrogens with zero attached hydrogens (tertiary/aromatic N) is 6. The van der Waals surface area contributed by atoms with Gasteiger partial charge in [0, 0.05) is 69.1 Å². The Hall–Kier alpha value is -4.70. The number of hydrogen-bond donors (Lipinski definition) is 1. The number of urea groups is 1. The smallest absolute Gasteiger partial charge is 0.329 e. The number of hydrogen-bond acceptors (Lipinski definition) is 6. The van der Waals surface area contributed by atoms with Crippen molar-refractivity contribution in [1.82, 2.24) is 19.4 Å². The molecule has 0 aliphatic carbocycles. The molecule has 10 nitrogen and oxygen atoms in total. The number of aryl methyl sites for hydroxylation is 1. The van der Waals surface area contributed by atoms with E-state index in [4.69, 9.17) is 11.6 Å². The minimum Gasteiger partial charge on any atom is -0.345 e. The normalized spacial score (nSPS) is 13.1. The Morgan fingerprint density at radius 2 is 1.75 bits per heavy atom. The highest BCUT2D eigenvalue weighted by Gasteiger charge is 2.32. The van der Waals surface area contributed by atoms with Crippen LogP contribution in [0, 0.1) is 6.92 Å². The zero-order valence-electron chi connectivity index (χ0n) is 22.6. The Labute approximate surface area is 236 Å². The second-order valence-corrected chi connectivity index (χ2v) is 10.1. The van der Waals surface area contributed by atoms with Crippen LogP contribution in [0.15, 0.2) is 71.8 Å². The average molecular weight is 558 g/mol. The van der Waals surface area contributed by atoms with E-state index in [1.807, 2.05) is 25.1 Å². The summed E-state index contributed by atoms with van der Waals surface area (Å²) in [5.74, 6) is 0.0385. The fourth-order valence-corrected chi connectivity index (χ4v) is 4.83. The van der Waals surface area contributed by atoms with Crippen molar-refractivity contribution in [2.75, 3.05) is 42.3 Å². The highest BCUT2D eigenvalue weighted by atomic mass is 35.5. The molecule has 1 aliphatic rings. The average Bonchev–Trinajstić information content (AvgIpc) is 3.32. The SMILES string of the molecule is Cc1c(-c2cn(C)c(=O)c(Nc3ccc(C(=O)N(C)C)cc3)n2)cccc1N1CCN(c2ccnc(Cl)c2)C1=O. The summed E-state index contributed by atoms with van der Waals surface area (Å²) in [6.07, 6.45) is 3.25. The van der Waals surface area contributed by atoms with Gasteiger partial charge in [-0.25, -0.2) is 14.8 Å². The fourth-order valence-electron chi connectivity index (χ4n) is 4.66. The molecule has 2 aromatic carbocycles. The maximum absolute atomic E-state index is 13.4. The number of aromatic nitrogens is 3. The predicted octanol–water partition coefficient (Wildman–Crippen LogP) is 4.70. The van der Waals surface area contributed by atoms with E-state index in [1.165, 1.54) is 9.47 Å². The first kappa shape index (κ1) is 26.9. The van der Waals surface area contributed by atoms with Gasteiger partial charge in [-0.05, 0) is 55.0 Å². The van der Waals surface area contributed by atoms with Crippen molar-refractivity contribution in [2.45, 2.75) is 6.92 Å². The Balaban J connectivity index is 1.44. The van der Waals surface area contributed by atoms with Gasteiger partial charge in [-0.1, -0.05) is 23.7 Å². The van der Waals surface area contributed by atoms with Crippen LogP contribution in [0.5, 0.6) is 0 Å². The molecule has 1 saturated heterocycles. The van der Waals surface area contributed by atoms with Gasteiger partial charge in [0.2, 0.25) is 0 Å². The first-order chi connectivity index (χ1) is 19.1. The topological polar surface area (TPSA) is 104 Å². The predicted molar refractivity (Wildman–Crippen MR) is 157 cm³/mol. The maximum Gasteiger partial charge on any atom is 0.329 e. The van der Waals surface area contributed by atoms with E-state index >= 15 is 0 Å². The van der Waals surface area contributed by atoms with Crippen LogP contribution < -0.4 is 20.7 Å². The molecule has 1 N–H and O–H groups in total. The van der Waals surface area contributed by atoms with Gasteiger partial charge in [-0.3, -0.25) is 19.4 Å². The number of halogens is 1. The minimum absolute atomic E-state index is 0.109. The molecule has 4 aromatic rings. The van der Waals surface area contributed by atoms with Crippen molar-refractivity contribution in [3.8, 4) is 11.3 Å². The second-order valence-electron chi connectivity index (χ2n) is 9.67. The number of rotatable bonds is 6. The van der Waals surface area contributed by atoms with Gasteiger partial charge in [0.25, 0.3) is 11.5 Å². The van der Waals surface area contributed by atoms with Gasteiger partial charge in [0.15, 0.2) is 5.82 Å². The fraction of sp³-hybridized carbons (Fsp3) is 0.207. The lowest BCUT2D eigenvalue weighted by atomic mass is 10.0. The lowest BCUT2D eigenvalue weighted by Gasteiger charge is -2.22. The van der Waals surface area contributed by atoms with Crippen molar-refractivity contribution >= 4 is 46.4 Å². The lowest BCUT2D eigenvalue weighted by Crippen LogP contribution is -2.32. The molecule has 3 heterocycles. The molecule has 2 aromatic heterocycles. The Bertz CT molecular complexity index is 1670. The van der Waals surface area contributed by atoms with Crippen LogP contribution >= 0.6 is 11.6 Å². The molecule has 5 rings (SSSR count). The standard InChI is InChI=1S/C29H28ClN7O3/c1-18-22(6-5-7-24(18)37-15-14-36(29(37)40)21-12-13-31-25(30)16-21)23-17-35(4)28(39)26(33-23)32-20-10-8-19(9-11-20)27(38)34(2)3/h5-13,16-17H,14-15H2,1-4H3,(H,32,33). The summed E-state index contributed by atoms with van der Waals surface area (Å²) >= 11 is 6.04. The maximum atomic E-state index is 13.4. The molecule has 0 atom stereocenters. The summed E-state index contributed by atoms with van der Waals surface area (Å²) in [6, 6.07) is 15.8. The van der Waals surface area contributed by atoms with Gasteiger partial charge in [-0.15, -0.1) is 0 Å². The van der Waals surface area contributed by atoms with E-state index in [0.717, 1.165) is 16.8 Å². The van der Waals surface area contributed by atoms with Crippen LogP contribution in [0.2, 0.25) is 5.15 Å². The molecule has 11 heteroatoms.